The molecule has 0 aromatic carbocycles. The number of amides is 1. The zero-order chi connectivity index (χ0) is 15.6. The van der Waals surface area contributed by atoms with E-state index in [4.69, 9.17) is 4.42 Å². The number of nitrogens with one attached hydrogen (secondary N) is 1. The van der Waals surface area contributed by atoms with Gasteiger partial charge in [0.15, 0.2) is 0 Å². The highest BCUT2D eigenvalue weighted by molar-refractivity contribution is 7.99. The second kappa shape index (κ2) is 6.13. The third kappa shape index (κ3) is 2.89. The molecule has 1 aliphatic heterocycles. The van der Waals surface area contributed by atoms with Gasteiger partial charge in [-0.25, -0.2) is 9.78 Å². The van der Waals surface area contributed by atoms with Crippen LogP contribution in [0.25, 0.3) is 10.6 Å². The summed E-state index contributed by atoms with van der Waals surface area (Å²) in [5.74, 6) is 0.0279. The van der Waals surface area contributed by atoms with Crippen molar-refractivity contribution in [2.45, 2.75) is 18.4 Å². The standard InChI is InChI=1S/C14H14N2O4S2/c17-11(16-14(13(18)19)2-5-21-6-3-14)10-8-22-12(15-10)9-1-4-20-7-9/h1,4,7-8H,2-3,5-6H2,(H,16,17)(H,18,19). The molecule has 0 saturated carbocycles. The monoisotopic (exact) mass is 338 g/mol. The van der Waals surface area contributed by atoms with Crippen molar-refractivity contribution in [3.8, 4) is 10.6 Å². The van der Waals surface area contributed by atoms with E-state index in [1.807, 2.05) is 0 Å². The number of rotatable bonds is 4. The molecular weight excluding hydrogens is 324 g/mol. The van der Waals surface area contributed by atoms with Crippen molar-refractivity contribution in [3.63, 3.8) is 0 Å². The van der Waals surface area contributed by atoms with E-state index in [1.54, 1.807) is 29.5 Å². The largest absolute Gasteiger partial charge is 0.480 e. The van der Waals surface area contributed by atoms with Crippen molar-refractivity contribution < 1.29 is 19.1 Å². The molecule has 0 spiro atoms. The van der Waals surface area contributed by atoms with Gasteiger partial charge >= 0.3 is 5.97 Å². The number of carboxylic acid groups (broad SMARTS) is 1. The predicted molar refractivity (Wildman–Crippen MR) is 84.2 cm³/mol. The highest BCUT2D eigenvalue weighted by Crippen LogP contribution is 2.29. The number of hydrogen-bond donors (Lipinski definition) is 2. The van der Waals surface area contributed by atoms with Gasteiger partial charge in [-0.3, -0.25) is 4.79 Å². The topological polar surface area (TPSA) is 92.4 Å². The molecule has 116 valence electrons. The van der Waals surface area contributed by atoms with Crippen LogP contribution in [0.3, 0.4) is 0 Å². The first kappa shape index (κ1) is 15.1. The van der Waals surface area contributed by atoms with E-state index in [9.17, 15) is 14.7 Å². The van der Waals surface area contributed by atoms with E-state index >= 15 is 0 Å². The molecule has 2 aromatic heterocycles. The lowest BCUT2D eigenvalue weighted by molar-refractivity contribution is -0.144. The molecule has 0 radical (unpaired) electrons. The maximum absolute atomic E-state index is 12.3. The molecule has 2 aromatic rings. The van der Waals surface area contributed by atoms with Gasteiger partial charge in [0.05, 0.1) is 6.26 Å². The normalized spacial score (nSPS) is 17.1. The van der Waals surface area contributed by atoms with E-state index in [1.165, 1.54) is 17.6 Å². The summed E-state index contributed by atoms with van der Waals surface area (Å²) in [5, 5.41) is 14.5. The number of thiazole rings is 1. The van der Waals surface area contributed by atoms with Crippen LogP contribution in [0.2, 0.25) is 0 Å². The summed E-state index contributed by atoms with van der Waals surface area (Å²) in [4.78, 5) is 28.2. The van der Waals surface area contributed by atoms with Gasteiger partial charge in [0, 0.05) is 10.9 Å². The number of carboxylic acids is 1. The fourth-order valence-corrected chi connectivity index (χ4v) is 4.27. The minimum atomic E-state index is -1.18. The molecule has 1 aliphatic rings. The molecule has 22 heavy (non-hydrogen) atoms. The molecule has 0 unspecified atom stereocenters. The smallest absolute Gasteiger partial charge is 0.329 e. The van der Waals surface area contributed by atoms with Crippen molar-refractivity contribution in [1.82, 2.24) is 10.3 Å². The number of carbonyl (C=O) groups is 2. The molecule has 0 aliphatic carbocycles. The number of hydrogen-bond acceptors (Lipinski definition) is 6. The summed E-state index contributed by atoms with van der Waals surface area (Å²) < 4.78 is 4.99. The summed E-state index contributed by atoms with van der Waals surface area (Å²) in [5.41, 5.74) is -0.145. The Morgan fingerprint density at radius 2 is 2.14 bits per heavy atom. The van der Waals surface area contributed by atoms with Crippen LogP contribution in [0.15, 0.2) is 28.4 Å². The predicted octanol–water partition coefficient (Wildman–Crippen LogP) is 2.48. The Balaban J connectivity index is 1.77. The van der Waals surface area contributed by atoms with Crippen LogP contribution in [0.4, 0.5) is 0 Å². The molecule has 8 heteroatoms. The second-order valence-corrected chi connectivity index (χ2v) is 7.09. The van der Waals surface area contributed by atoms with Crippen LogP contribution < -0.4 is 5.32 Å². The van der Waals surface area contributed by atoms with Gasteiger partial charge in [-0.2, -0.15) is 11.8 Å². The molecule has 3 rings (SSSR count). The molecular formula is C14H14N2O4S2. The van der Waals surface area contributed by atoms with E-state index in [2.05, 4.69) is 10.3 Å². The SMILES string of the molecule is O=C(NC1(C(=O)O)CCSCC1)c1csc(-c2ccoc2)n1. The van der Waals surface area contributed by atoms with Crippen LogP contribution in [0, 0.1) is 0 Å². The Bertz CT molecular complexity index is 675. The van der Waals surface area contributed by atoms with E-state index < -0.39 is 17.4 Å². The molecule has 2 N–H and O–H groups in total. The van der Waals surface area contributed by atoms with Crippen LogP contribution in [0.1, 0.15) is 23.3 Å². The van der Waals surface area contributed by atoms with Gasteiger partial charge in [0.2, 0.25) is 0 Å². The lowest BCUT2D eigenvalue weighted by atomic mass is 9.92. The summed E-state index contributed by atoms with van der Waals surface area (Å²) >= 11 is 3.02. The zero-order valence-electron chi connectivity index (χ0n) is 11.6. The Kier molecular flexibility index (Phi) is 4.21. The molecule has 1 fully saturated rings. The maximum atomic E-state index is 12.3. The van der Waals surface area contributed by atoms with Crippen molar-refractivity contribution in [2.24, 2.45) is 0 Å². The number of carbonyl (C=O) groups excluding carboxylic acids is 1. The first-order valence-corrected chi connectivity index (χ1v) is 8.76. The molecule has 1 amide bonds. The van der Waals surface area contributed by atoms with Gasteiger partial charge in [-0.1, -0.05) is 0 Å². The Labute approximate surface area is 134 Å². The highest BCUT2D eigenvalue weighted by atomic mass is 32.2. The molecule has 6 nitrogen and oxygen atoms in total. The first-order chi connectivity index (χ1) is 10.6. The van der Waals surface area contributed by atoms with Crippen LogP contribution in [-0.4, -0.2) is 39.0 Å². The average molecular weight is 338 g/mol. The minimum Gasteiger partial charge on any atom is -0.480 e. The fourth-order valence-electron chi connectivity index (χ4n) is 2.29. The molecule has 0 atom stereocenters. The zero-order valence-corrected chi connectivity index (χ0v) is 13.2. The summed E-state index contributed by atoms with van der Waals surface area (Å²) in [7, 11) is 0. The Hall–Kier alpha value is -1.80. The Morgan fingerprint density at radius 3 is 2.77 bits per heavy atom. The average Bonchev–Trinajstić information content (AvgIpc) is 3.19. The summed E-state index contributed by atoms with van der Waals surface area (Å²) in [6.07, 6.45) is 3.95. The molecule has 1 saturated heterocycles. The van der Waals surface area contributed by atoms with Gasteiger partial charge in [0.1, 0.15) is 22.5 Å². The highest BCUT2D eigenvalue weighted by Gasteiger charge is 2.41. The van der Waals surface area contributed by atoms with E-state index in [0.29, 0.717) is 17.8 Å². The van der Waals surface area contributed by atoms with Gasteiger partial charge in [-0.05, 0) is 30.4 Å². The second-order valence-electron chi connectivity index (χ2n) is 5.00. The third-order valence-electron chi connectivity index (χ3n) is 3.61. The van der Waals surface area contributed by atoms with Crippen LogP contribution in [0.5, 0.6) is 0 Å². The van der Waals surface area contributed by atoms with Crippen molar-refractivity contribution in [1.29, 1.82) is 0 Å². The fraction of sp³-hybridized carbons (Fsp3) is 0.357. The van der Waals surface area contributed by atoms with Gasteiger partial charge in [0.25, 0.3) is 5.91 Å². The van der Waals surface area contributed by atoms with Crippen molar-refractivity contribution in [3.05, 3.63) is 29.7 Å². The third-order valence-corrected chi connectivity index (χ3v) is 5.49. The minimum absolute atomic E-state index is 0.236. The number of aromatic nitrogens is 1. The lowest BCUT2D eigenvalue weighted by Gasteiger charge is -2.33. The van der Waals surface area contributed by atoms with Crippen LogP contribution >= 0.6 is 23.1 Å². The quantitative estimate of drug-likeness (QED) is 0.890. The van der Waals surface area contributed by atoms with E-state index in [0.717, 1.165) is 17.1 Å². The number of thioether (sulfide) groups is 1. The Morgan fingerprint density at radius 1 is 1.36 bits per heavy atom. The lowest BCUT2D eigenvalue weighted by Crippen LogP contribution is -2.56. The van der Waals surface area contributed by atoms with Crippen LogP contribution in [-0.2, 0) is 4.79 Å². The number of furan rings is 1. The maximum Gasteiger partial charge on any atom is 0.329 e. The summed E-state index contributed by atoms with van der Waals surface area (Å²) in [6, 6.07) is 1.76. The first-order valence-electron chi connectivity index (χ1n) is 6.72. The molecule has 0 bridgehead atoms. The van der Waals surface area contributed by atoms with Crippen molar-refractivity contribution >= 4 is 35.0 Å². The summed E-state index contributed by atoms with van der Waals surface area (Å²) in [6.45, 7) is 0. The van der Waals surface area contributed by atoms with E-state index in [-0.39, 0.29) is 5.69 Å². The van der Waals surface area contributed by atoms with Crippen molar-refractivity contribution in [2.75, 3.05) is 11.5 Å². The van der Waals surface area contributed by atoms with Gasteiger partial charge < -0.3 is 14.8 Å². The van der Waals surface area contributed by atoms with Gasteiger partial charge in [-0.15, -0.1) is 11.3 Å². The number of nitrogens with zero attached hydrogens (tertiary/aromatic N) is 1. The number of aliphatic carboxylic acids is 1. The molecule has 3 heterocycles.